The Balaban J connectivity index is 2.40. The summed E-state index contributed by atoms with van der Waals surface area (Å²) in [4.78, 5) is 3.72. The number of amidine groups is 1. The predicted molar refractivity (Wildman–Crippen MR) is 47.1 cm³/mol. The number of rotatable bonds is 1. The number of hydrazone groups is 1. The summed E-state index contributed by atoms with van der Waals surface area (Å²) in [5, 5.41) is 9.50. The van der Waals surface area contributed by atoms with Gasteiger partial charge in [0, 0.05) is 26.2 Å². The minimum Gasteiger partial charge on any atom is -0.313 e. The van der Waals surface area contributed by atoms with Gasteiger partial charge in [0.15, 0.2) is 0 Å². The van der Waals surface area contributed by atoms with Crippen LogP contribution in [0.2, 0.25) is 0 Å². The molecule has 0 aliphatic carbocycles. The maximum atomic E-state index is 4.24. The summed E-state index contributed by atoms with van der Waals surface area (Å²) in [6.45, 7) is 9.21. The highest BCUT2D eigenvalue weighted by atomic mass is 15.5. The van der Waals surface area contributed by atoms with Crippen molar-refractivity contribution in [1.29, 1.82) is 0 Å². The minimum atomic E-state index is 0.743. The summed E-state index contributed by atoms with van der Waals surface area (Å²) in [5.41, 5.74) is 0. The van der Waals surface area contributed by atoms with Crippen molar-refractivity contribution in [2.24, 2.45) is 10.1 Å². The summed E-state index contributed by atoms with van der Waals surface area (Å²) >= 11 is 0. The van der Waals surface area contributed by atoms with Crippen molar-refractivity contribution in [2.75, 3.05) is 26.2 Å². The van der Waals surface area contributed by atoms with Gasteiger partial charge in [-0.3, -0.25) is 5.01 Å². The number of aliphatic imine (C=N–C) groups is 1. The molecule has 0 unspecified atom stereocenters. The summed E-state index contributed by atoms with van der Waals surface area (Å²) in [7, 11) is 0. The molecule has 4 nitrogen and oxygen atoms in total. The van der Waals surface area contributed by atoms with Crippen molar-refractivity contribution in [1.82, 2.24) is 10.3 Å². The quantitative estimate of drug-likeness (QED) is 0.424. The third kappa shape index (κ3) is 2.67. The predicted octanol–water partition coefficient (Wildman–Crippen LogP) is -0.0744. The maximum absolute atomic E-state index is 4.24. The largest absolute Gasteiger partial charge is 0.313 e. The Bertz CT molecular complexity index is 158. The SMILES string of the molecule is C=N/C(C)=N\N1CCNCC1. The number of hydrogen-bond donors (Lipinski definition) is 1. The van der Waals surface area contributed by atoms with Gasteiger partial charge >= 0.3 is 0 Å². The van der Waals surface area contributed by atoms with Gasteiger partial charge in [0.25, 0.3) is 0 Å². The molecule has 0 saturated carbocycles. The van der Waals surface area contributed by atoms with Gasteiger partial charge in [-0.25, -0.2) is 4.99 Å². The highest BCUT2D eigenvalue weighted by molar-refractivity contribution is 5.83. The molecule has 1 N–H and O–H groups in total. The molecule has 1 saturated heterocycles. The normalized spacial score (nSPS) is 20.1. The van der Waals surface area contributed by atoms with Crippen LogP contribution in [0.25, 0.3) is 0 Å². The van der Waals surface area contributed by atoms with Gasteiger partial charge in [0.05, 0.1) is 0 Å². The number of hydrogen-bond acceptors (Lipinski definition) is 3. The van der Waals surface area contributed by atoms with E-state index in [1.54, 1.807) is 0 Å². The molecule has 0 aromatic rings. The van der Waals surface area contributed by atoms with Crippen LogP contribution in [-0.4, -0.2) is 43.7 Å². The van der Waals surface area contributed by atoms with Crippen LogP contribution in [0.5, 0.6) is 0 Å². The van der Waals surface area contributed by atoms with Crippen LogP contribution >= 0.6 is 0 Å². The van der Waals surface area contributed by atoms with Gasteiger partial charge in [-0.2, -0.15) is 5.10 Å². The van der Waals surface area contributed by atoms with E-state index in [1.165, 1.54) is 0 Å². The molecule has 11 heavy (non-hydrogen) atoms. The Morgan fingerprint density at radius 1 is 1.45 bits per heavy atom. The van der Waals surface area contributed by atoms with Crippen LogP contribution in [-0.2, 0) is 0 Å². The average molecular weight is 154 g/mol. The van der Waals surface area contributed by atoms with Crippen molar-refractivity contribution < 1.29 is 0 Å². The lowest BCUT2D eigenvalue weighted by Gasteiger charge is -2.24. The number of nitrogens with one attached hydrogen (secondary N) is 1. The molecule has 0 atom stereocenters. The molecule has 62 valence electrons. The summed E-state index contributed by atoms with van der Waals surface area (Å²) in [6, 6.07) is 0. The second-order valence-corrected chi connectivity index (χ2v) is 2.51. The van der Waals surface area contributed by atoms with Crippen LogP contribution in [0.4, 0.5) is 0 Å². The molecule has 0 aromatic carbocycles. The third-order valence-corrected chi connectivity index (χ3v) is 1.61. The number of piperazine rings is 1. The van der Waals surface area contributed by atoms with Crippen LogP contribution in [0.1, 0.15) is 6.92 Å². The van der Waals surface area contributed by atoms with Crippen LogP contribution in [0.3, 0.4) is 0 Å². The molecule has 0 bridgehead atoms. The fourth-order valence-corrected chi connectivity index (χ4v) is 0.989. The van der Waals surface area contributed by atoms with Crippen LogP contribution in [0, 0.1) is 0 Å². The third-order valence-electron chi connectivity index (χ3n) is 1.61. The Kier molecular flexibility index (Phi) is 3.04. The maximum Gasteiger partial charge on any atom is 0.144 e. The van der Waals surface area contributed by atoms with Gasteiger partial charge in [-0.05, 0) is 13.6 Å². The average Bonchev–Trinajstić information content (AvgIpc) is 2.06. The molecule has 0 amide bonds. The first-order chi connectivity index (χ1) is 5.33. The summed E-state index contributed by atoms with van der Waals surface area (Å²) in [6.07, 6.45) is 0. The van der Waals surface area contributed by atoms with Gasteiger partial charge in [0.2, 0.25) is 0 Å². The van der Waals surface area contributed by atoms with Gasteiger partial charge < -0.3 is 5.32 Å². The van der Waals surface area contributed by atoms with Crippen LogP contribution < -0.4 is 5.32 Å². The van der Waals surface area contributed by atoms with Crippen molar-refractivity contribution in [2.45, 2.75) is 6.92 Å². The van der Waals surface area contributed by atoms with Gasteiger partial charge in [0.1, 0.15) is 5.84 Å². The Morgan fingerprint density at radius 2 is 2.09 bits per heavy atom. The fraction of sp³-hybridized carbons (Fsp3) is 0.714. The zero-order chi connectivity index (χ0) is 8.10. The van der Waals surface area contributed by atoms with E-state index in [9.17, 15) is 0 Å². The molecule has 1 rings (SSSR count). The smallest absolute Gasteiger partial charge is 0.144 e. The standard InChI is InChI=1S/C7H14N4/c1-7(8-2)10-11-5-3-9-4-6-11/h9H,2-6H2,1H3/b10-7-. The highest BCUT2D eigenvalue weighted by Crippen LogP contribution is 1.93. The molecule has 1 fully saturated rings. The molecule has 1 aliphatic rings. The highest BCUT2D eigenvalue weighted by Gasteiger charge is 2.05. The van der Waals surface area contributed by atoms with E-state index in [-0.39, 0.29) is 0 Å². The molecule has 1 heterocycles. The molecule has 0 aromatic heterocycles. The van der Waals surface area contributed by atoms with E-state index in [0.717, 1.165) is 32.0 Å². The second-order valence-electron chi connectivity index (χ2n) is 2.51. The molecule has 1 aliphatic heterocycles. The van der Waals surface area contributed by atoms with Crippen molar-refractivity contribution >= 4 is 12.6 Å². The van der Waals surface area contributed by atoms with E-state index >= 15 is 0 Å². The first-order valence-corrected chi connectivity index (χ1v) is 3.80. The molecule has 4 heteroatoms. The topological polar surface area (TPSA) is 40.0 Å². The second kappa shape index (κ2) is 4.08. The molecular weight excluding hydrogens is 140 g/mol. The summed E-state index contributed by atoms with van der Waals surface area (Å²) in [5.74, 6) is 0.743. The monoisotopic (exact) mass is 154 g/mol. The lowest BCUT2D eigenvalue weighted by Crippen LogP contribution is -2.40. The van der Waals surface area contributed by atoms with Crippen molar-refractivity contribution in [3.8, 4) is 0 Å². The summed E-state index contributed by atoms with van der Waals surface area (Å²) < 4.78 is 0. The Morgan fingerprint density at radius 3 is 2.64 bits per heavy atom. The van der Waals surface area contributed by atoms with E-state index in [0.29, 0.717) is 0 Å². The van der Waals surface area contributed by atoms with E-state index in [4.69, 9.17) is 0 Å². The van der Waals surface area contributed by atoms with Crippen LogP contribution in [0.15, 0.2) is 10.1 Å². The zero-order valence-corrected chi connectivity index (χ0v) is 6.88. The number of nitrogens with zero attached hydrogens (tertiary/aromatic N) is 3. The van der Waals surface area contributed by atoms with E-state index < -0.39 is 0 Å². The lowest BCUT2D eigenvalue weighted by atomic mass is 10.4. The molecule has 0 spiro atoms. The molecule has 0 radical (unpaired) electrons. The lowest BCUT2D eigenvalue weighted by molar-refractivity contribution is 0.252. The van der Waals surface area contributed by atoms with E-state index in [1.807, 2.05) is 11.9 Å². The Hall–Kier alpha value is -0.900. The van der Waals surface area contributed by atoms with Gasteiger partial charge in [-0.15, -0.1) is 0 Å². The first kappa shape index (κ1) is 8.20. The van der Waals surface area contributed by atoms with Crippen molar-refractivity contribution in [3.05, 3.63) is 0 Å². The van der Waals surface area contributed by atoms with Crippen molar-refractivity contribution in [3.63, 3.8) is 0 Å². The Labute approximate surface area is 67.0 Å². The van der Waals surface area contributed by atoms with E-state index in [2.05, 4.69) is 22.1 Å². The minimum absolute atomic E-state index is 0.743. The zero-order valence-electron chi connectivity index (χ0n) is 6.88. The van der Waals surface area contributed by atoms with Gasteiger partial charge in [-0.1, -0.05) is 0 Å². The fourth-order valence-electron chi connectivity index (χ4n) is 0.989. The molecular formula is C7H14N4. The first-order valence-electron chi connectivity index (χ1n) is 3.80.